The minimum absolute atomic E-state index is 0.0183. The van der Waals surface area contributed by atoms with Crippen molar-refractivity contribution in [3.8, 4) is 0 Å². The Morgan fingerprint density at radius 3 is 1.89 bits per heavy atom. The monoisotopic (exact) mass is 282 g/mol. The number of amides is 2. The second-order valence-electron chi connectivity index (χ2n) is 4.82. The van der Waals surface area contributed by atoms with E-state index in [1.807, 2.05) is 0 Å². The summed E-state index contributed by atoms with van der Waals surface area (Å²) in [5, 5.41) is 0. The molecule has 2 rings (SSSR count). The first-order valence-electron chi connectivity index (χ1n) is 6.08. The van der Waals surface area contributed by atoms with Crippen LogP contribution in [0.25, 0.3) is 0 Å². The minimum atomic E-state index is -4.65. The predicted octanol–water partition coefficient (Wildman–Crippen LogP) is 0.968. The Kier molecular flexibility index (Phi) is 3.69. The highest BCUT2D eigenvalue weighted by molar-refractivity contribution is 5.85. The van der Waals surface area contributed by atoms with Gasteiger partial charge in [-0.25, -0.2) is 8.78 Å². The second-order valence-corrected chi connectivity index (χ2v) is 4.82. The first kappa shape index (κ1) is 14.1. The van der Waals surface area contributed by atoms with Gasteiger partial charge in [0.2, 0.25) is 5.91 Å². The Morgan fingerprint density at radius 1 is 1.00 bits per heavy atom. The number of alkyl halides is 4. The summed E-state index contributed by atoms with van der Waals surface area (Å²) >= 11 is 0. The summed E-state index contributed by atoms with van der Waals surface area (Å²) < 4.78 is 49.9. The summed E-state index contributed by atoms with van der Waals surface area (Å²) in [6.45, 7) is -0.0000104. The van der Waals surface area contributed by atoms with Gasteiger partial charge in [0.05, 0.1) is 0 Å². The molecule has 0 spiro atoms. The van der Waals surface area contributed by atoms with Crippen LogP contribution in [0.5, 0.6) is 0 Å². The largest absolute Gasteiger partial charge is 0.383 e. The molecular formula is C11H14F4N2O2. The van der Waals surface area contributed by atoms with Crippen molar-refractivity contribution in [1.29, 1.82) is 0 Å². The zero-order valence-corrected chi connectivity index (χ0v) is 10.1. The Hall–Kier alpha value is -1.34. The van der Waals surface area contributed by atoms with Gasteiger partial charge in [0.1, 0.15) is 0 Å². The third kappa shape index (κ3) is 2.82. The molecule has 0 atom stereocenters. The van der Waals surface area contributed by atoms with Gasteiger partial charge in [0.15, 0.2) is 0 Å². The molecule has 0 aromatic heterocycles. The lowest BCUT2D eigenvalue weighted by Crippen LogP contribution is -2.56. The van der Waals surface area contributed by atoms with Gasteiger partial charge in [-0.3, -0.25) is 9.59 Å². The van der Waals surface area contributed by atoms with E-state index in [1.165, 1.54) is 4.90 Å². The molecule has 0 aromatic carbocycles. The van der Waals surface area contributed by atoms with E-state index in [4.69, 9.17) is 0 Å². The molecule has 1 aliphatic carbocycles. The van der Waals surface area contributed by atoms with Gasteiger partial charge in [0, 0.05) is 32.1 Å². The van der Waals surface area contributed by atoms with Crippen LogP contribution in [0, 0.1) is 5.92 Å². The zero-order valence-electron chi connectivity index (χ0n) is 10.1. The lowest BCUT2D eigenvalue weighted by molar-refractivity contribution is -0.182. The van der Waals surface area contributed by atoms with Crippen LogP contribution in [0.1, 0.15) is 12.8 Å². The molecule has 2 aliphatic rings. The smallest absolute Gasteiger partial charge is 0.339 e. The third-order valence-corrected chi connectivity index (χ3v) is 3.36. The average Bonchev–Trinajstić information content (AvgIpc) is 3.21. The van der Waals surface area contributed by atoms with E-state index < -0.39 is 18.3 Å². The van der Waals surface area contributed by atoms with Crippen LogP contribution in [0.2, 0.25) is 0 Å². The van der Waals surface area contributed by atoms with Crippen LogP contribution in [-0.2, 0) is 9.59 Å². The summed E-state index contributed by atoms with van der Waals surface area (Å²) in [7, 11) is 0. The fraction of sp³-hybridized carbons (Fsp3) is 0.818. The summed E-state index contributed by atoms with van der Waals surface area (Å²) in [5.74, 6) is -6.53. The number of hydrogen-bond acceptors (Lipinski definition) is 2. The number of carbonyl (C=O) groups is 2. The van der Waals surface area contributed by atoms with Gasteiger partial charge in [-0.05, 0) is 12.8 Å². The van der Waals surface area contributed by atoms with Crippen molar-refractivity contribution in [3.63, 3.8) is 0 Å². The third-order valence-electron chi connectivity index (χ3n) is 3.36. The van der Waals surface area contributed by atoms with Crippen LogP contribution < -0.4 is 0 Å². The fourth-order valence-electron chi connectivity index (χ4n) is 2.02. The van der Waals surface area contributed by atoms with Crippen molar-refractivity contribution >= 4 is 11.8 Å². The van der Waals surface area contributed by atoms with Crippen LogP contribution in [0.15, 0.2) is 0 Å². The van der Waals surface area contributed by atoms with Gasteiger partial charge in [-0.1, -0.05) is 0 Å². The van der Waals surface area contributed by atoms with E-state index in [1.54, 1.807) is 0 Å². The molecule has 8 heteroatoms. The highest BCUT2D eigenvalue weighted by Gasteiger charge is 2.51. The lowest BCUT2D eigenvalue weighted by atomic mass is 10.2. The van der Waals surface area contributed by atoms with Crippen LogP contribution in [0.4, 0.5) is 17.6 Å². The van der Waals surface area contributed by atoms with Crippen molar-refractivity contribution in [2.45, 2.75) is 25.2 Å². The Balaban J connectivity index is 1.89. The topological polar surface area (TPSA) is 40.6 Å². The maximum absolute atomic E-state index is 12.9. The molecule has 1 aliphatic heterocycles. The predicted molar refractivity (Wildman–Crippen MR) is 56.8 cm³/mol. The SMILES string of the molecule is O=C(C1CC1)N1CCN(C(=O)C(F)(F)C(F)F)CC1. The van der Waals surface area contributed by atoms with Crippen molar-refractivity contribution < 1.29 is 27.2 Å². The number of piperazine rings is 1. The molecule has 2 amide bonds. The first-order chi connectivity index (χ1) is 8.84. The maximum Gasteiger partial charge on any atom is 0.383 e. The summed E-state index contributed by atoms with van der Waals surface area (Å²) in [6, 6.07) is 0. The summed E-state index contributed by atoms with van der Waals surface area (Å²) in [4.78, 5) is 25.2. The molecule has 1 heterocycles. The number of nitrogens with zero attached hydrogens (tertiary/aromatic N) is 2. The summed E-state index contributed by atoms with van der Waals surface area (Å²) in [5.41, 5.74) is 0. The quantitative estimate of drug-likeness (QED) is 0.724. The van der Waals surface area contributed by atoms with Crippen molar-refractivity contribution in [1.82, 2.24) is 9.80 Å². The molecule has 1 saturated carbocycles. The minimum Gasteiger partial charge on any atom is -0.339 e. The molecule has 0 N–H and O–H groups in total. The van der Waals surface area contributed by atoms with E-state index in [0.717, 1.165) is 12.8 Å². The molecule has 0 aromatic rings. The Bertz CT molecular complexity index is 377. The Morgan fingerprint density at radius 2 is 1.47 bits per heavy atom. The highest BCUT2D eigenvalue weighted by atomic mass is 19.3. The zero-order chi connectivity index (χ0) is 14.2. The van der Waals surface area contributed by atoms with Crippen molar-refractivity contribution in [3.05, 3.63) is 0 Å². The number of rotatable bonds is 3. The van der Waals surface area contributed by atoms with Gasteiger partial charge >= 0.3 is 12.3 Å². The van der Waals surface area contributed by atoms with Gasteiger partial charge < -0.3 is 9.80 Å². The average molecular weight is 282 g/mol. The van der Waals surface area contributed by atoms with E-state index in [0.29, 0.717) is 4.90 Å². The van der Waals surface area contributed by atoms with E-state index in [9.17, 15) is 27.2 Å². The fourth-order valence-corrected chi connectivity index (χ4v) is 2.02. The van der Waals surface area contributed by atoms with Crippen molar-refractivity contribution in [2.75, 3.05) is 26.2 Å². The van der Waals surface area contributed by atoms with E-state index >= 15 is 0 Å². The van der Waals surface area contributed by atoms with Gasteiger partial charge in [-0.2, -0.15) is 8.78 Å². The van der Waals surface area contributed by atoms with E-state index in [-0.39, 0.29) is 38.0 Å². The van der Waals surface area contributed by atoms with Crippen molar-refractivity contribution in [2.24, 2.45) is 5.92 Å². The molecule has 0 radical (unpaired) electrons. The lowest BCUT2D eigenvalue weighted by Gasteiger charge is -2.36. The summed E-state index contributed by atoms with van der Waals surface area (Å²) in [6.07, 6.45) is -2.34. The molecule has 19 heavy (non-hydrogen) atoms. The molecule has 4 nitrogen and oxygen atoms in total. The molecule has 2 fully saturated rings. The van der Waals surface area contributed by atoms with Gasteiger partial charge in [0.25, 0.3) is 5.91 Å². The van der Waals surface area contributed by atoms with E-state index in [2.05, 4.69) is 0 Å². The van der Waals surface area contributed by atoms with Crippen LogP contribution in [-0.4, -0.2) is 60.1 Å². The normalized spacial score (nSPS) is 20.9. The van der Waals surface area contributed by atoms with Crippen LogP contribution in [0.3, 0.4) is 0 Å². The second kappa shape index (κ2) is 4.97. The molecule has 108 valence electrons. The first-order valence-corrected chi connectivity index (χ1v) is 6.08. The number of carbonyl (C=O) groups excluding carboxylic acids is 2. The highest BCUT2D eigenvalue weighted by Crippen LogP contribution is 2.31. The standard InChI is InChI=1S/C11H14F4N2O2/c12-9(13)11(14,15)10(19)17-5-3-16(4-6-17)8(18)7-1-2-7/h7,9H,1-6H2. The number of hydrogen-bond donors (Lipinski definition) is 0. The molecule has 0 unspecified atom stereocenters. The molecule has 0 bridgehead atoms. The Labute approximate surface area is 107 Å². The molecule has 1 saturated heterocycles. The van der Waals surface area contributed by atoms with Gasteiger partial charge in [-0.15, -0.1) is 0 Å². The molecular weight excluding hydrogens is 268 g/mol. The van der Waals surface area contributed by atoms with Crippen LogP contribution >= 0.6 is 0 Å². The number of halogens is 4. The maximum atomic E-state index is 12.9.